The summed E-state index contributed by atoms with van der Waals surface area (Å²) in [6, 6.07) is 5.60. The van der Waals surface area contributed by atoms with Crippen LogP contribution in [0.1, 0.15) is 46.1 Å². The molecule has 1 aliphatic heterocycles. The summed E-state index contributed by atoms with van der Waals surface area (Å²) in [6.45, 7) is 9.86. The molecule has 5 heteroatoms. The lowest BCUT2D eigenvalue weighted by molar-refractivity contribution is -0.133. The number of carbonyl (C=O) groups excluding carboxylic acids is 1. The molecule has 1 heterocycles. The summed E-state index contributed by atoms with van der Waals surface area (Å²) in [5.41, 5.74) is 1.02. The molecule has 2 atom stereocenters. The number of benzene rings is 1. The van der Waals surface area contributed by atoms with Crippen LogP contribution in [-0.4, -0.2) is 41.7 Å². The number of phenolic OH excluding ortho intramolecular Hbond substituents is 1. The van der Waals surface area contributed by atoms with Gasteiger partial charge in [0, 0.05) is 43.2 Å². The summed E-state index contributed by atoms with van der Waals surface area (Å²) in [6.07, 6.45) is 1.54. The predicted molar refractivity (Wildman–Crippen MR) is 95.2 cm³/mol. The third-order valence-corrected chi connectivity index (χ3v) is 4.58. The molecule has 0 saturated carbocycles. The fraction of sp³-hybridized carbons (Fsp3) is 0.632. The highest BCUT2D eigenvalue weighted by Gasteiger charge is 2.34. The molecule has 5 nitrogen and oxygen atoms in total. The van der Waals surface area contributed by atoms with E-state index in [9.17, 15) is 9.90 Å². The molecule has 0 aliphatic carbocycles. The largest absolute Gasteiger partial charge is 0.508 e. The Morgan fingerprint density at radius 2 is 2.12 bits per heavy atom. The van der Waals surface area contributed by atoms with Crippen molar-refractivity contribution in [1.82, 2.24) is 10.2 Å². The lowest BCUT2D eigenvalue weighted by Gasteiger charge is -2.28. The molecule has 134 valence electrons. The fourth-order valence-corrected chi connectivity index (χ4v) is 3.24. The summed E-state index contributed by atoms with van der Waals surface area (Å²) in [5, 5.41) is 13.1. The quantitative estimate of drug-likeness (QED) is 0.869. The Kier molecular flexibility index (Phi) is 5.75. The Hall–Kier alpha value is -1.75. The predicted octanol–water partition coefficient (Wildman–Crippen LogP) is 2.92. The highest BCUT2D eigenvalue weighted by atomic mass is 16.5. The molecule has 0 bridgehead atoms. The van der Waals surface area contributed by atoms with Crippen molar-refractivity contribution in [1.29, 1.82) is 0 Å². The third-order valence-electron chi connectivity index (χ3n) is 4.58. The second kappa shape index (κ2) is 7.43. The van der Waals surface area contributed by atoms with Gasteiger partial charge in [0.1, 0.15) is 11.5 Å². The maximum atomic E-state index is 12.5. The molecule has 2 N–H and O–H groups in total. The van der Waals surface area contributed by atoms with Crippen molar-refractivity contribution in [3.05, 3.63) is 23.8 Å². The monoisotopic (exact) mass is 334 g/mol. The first-order valence-electron chi connectivity index (χ1n) is 8.60. The molecule has 24 heavy (non-hydrogen) atoms. The topological polar surface area (TPSA) is 61.8 Å². The zero-order valence-electron chi connectivity index (χ0n) is 15.4. The van der Waals surface area contributed by atoms with Crippen molar-refractivity contribution in [3.63, 3.8) is 0 Å². The number of ether oxygens (including phenoxy) is 1. The van der Waals surface area contributed by atoms with Crippen molar-refractivity contribution in [2.45, 2.75) is 59.2 Å². The number of nitrogens with one attached hydrogen (secondary N) is 1. The van der Waals surface area contributed by atoms with E-state index in [4.69, 9.17) is 4.74 Å². The Labute approximate surface area is 145 Å². The molecule has 1 saturated heterocycles. The van der Waals surface area contributed by atoms with Crippen molar-refractivity contribution < 1.29 is 14.6 Å². The second-order valence-electron chi connectivity index (χ2n) is 7.84. The molecule has 2 unspecified atom stereocenters. The van der Waals surface area contributed by atoms with Gasteiger partial charge >= 0.3 is 0 Å². The number of rotatable bonds is 5. The van der Waals surface area contributed by atoms with Crippen LogP contribution in [0.4, 0.5) is 0 Å². The van der Waals surface area contributed by atoms with Crippen LogP contribution >= 0.6 is 0 Å². The van der Waals surface area contributed by atoms with Crippen LogP contribution in [-0.2, 0) is 11.3 Å². The molecule has 1 amide bonds. The summed E-state index contributed by atoms with van der Waals surface area (Å²) >= 11 is 0. The van der Waals surface area contributed by atoms with Gasteiger partial charge in [-0.2, -0.15) is 0 Å². The Bertz CT molecular complexity index is 580. The molecule has 2 rings (SSSR count). The molecular weight excluding hydrogens is 304 g/mol. The van der Waals surface area contributed by atoms with E-state index in [2.05, 4.69) is 33.0 Å². The second-order valence-corrected chi connectivity index (χ2v) is 7.84. The van der Waals surface area contributed by atoms with Gasteiger partial charge in [-0.1, -0.05) is 26.8 Å². The highest BCUT2D eigenvalue weighted by molar-refractivity contribution is 5.77. The number of nitrogens with zero attached hydrogens (tertiary/aromatic N) is 1. The van der Waals surface area contributed by atoms with Gasteiger partial charge in [-0.15, -0.1) is 0 Å². The Morgan fingerprint density at radius 3 is 2.75 bits per heavy atom. The minimum atomic E-state index is 0.0156. The van der Waals surface area contributed by atoms with Crippen LogP contribution in [0.15, 0.2) is 18.2 Å². The fourth-order valence-electron chi connectivity index (χ4n) is 3.24. The lowest BCUT2D eigenvalue weighted by Crippen LogP contribution is -2.43. The summed E-state index contributed by atoms with van der Waals surface area (Å²) < 4.78 is 5.32. The first-order valence-corrected chi connectivity index (χ1v) is 8.60. The summed E-state index contributed by atoms with van der Waals surface area (Å²) in [7, 11) is 1.60. The van der Waals surface area contributed by atoms with Crippen LogP contribution in [0.25, 0.3) is 0 Å². The molecule has 0 spiro atoms. The minimum Gasteiger partial charge on any atom is -0.508 e. The van der Waals surface area contributed by atoms with Gasteiger partial charge in [0.2, 0.25) is 5.91 Å². The number of hydrogen-bond donors (Lipinski definition) is 2. The number of hydrogen-bond acceptors (Lipinski definition) is 4. The lowest BCUT2D eigenvalue weighted by atomic mass is 9.91. The number of amides is 1. The van der Waals surface area contributed by atoms with Gasteiger partial charge in [-0.05, 0) is 24.8 Å². The number of methoxy groups -OCH3 is 1. The molecular formula is C19H30N2O3. The Morgan fingerprint density at radius 1 is 1.42 bits per heavy atom. The van der Waals surface area contributed by atoms with Gasteiger partial charge in [0.15, 0.2) is 0 Å². The number of likely N-dealkylation sites (tertiary alicyclic amines) is 1. The SMILES string of the molecule is COc1cc(O)ccc1CNC1CCN(C(=O)CC(C)(C)C)C1C. The zero-order chi connectivity index (χ0) is 17.9. The number of aromatic hydroxyl groups is 1. The molecule has 0 radical (unpaired) electrons. The van der Waals surface area contributed by atoms with E-state index in [0.29, 0.717) is 18.7 Å². The standard InChI is InChI=1S/C19H30N2O3/c1-13-16(8-9-21(13)18(23)11-19(2,3)4)20-12-14-6-7-15(22)10-17(14)24-5/h6-7,10,13,16,20,22H,8-9,11-12H2,1-5H3. The molecule has 1 aromatic rings. The first-order chi connectivity index (χ1) is 11.2. The maximum Gasteiger partial charge on any atom is 0.223 e. The molecule has 0 aromatic heterocycles. The van der Waals surface area contributed by atoms with E-state index in [0.717, 1.165) is 18.5 Å². The van der Waals surface area contributed by atoms with Crippen LogP contribution in [0.5, 0.6) is 11.5 Å². The maximum absolute atomic E-state index is 12.5. The molecule has 1 fully saturated rings. The average molecular weight is 334 g/mol. The number of phenols is 1. The van der Waals surface area contributed by atoms with Crippen LogP contribution in [0, 0.1) is 5.41 Å². The van der Waals surface area contributed by atoms with Crippen molar-refractivity contribution in [2.75, 3.05) is 13.7 Å². The van der Waals surface area contributed by atoms with E-state index in [1.165, 1.54) is 0 Å². The van der Waals surface area contributed by atoms with E-state index < -0.39 is 0 Å². The minimum absolute atomic E-state index is 0.0156. The highest BCUT2D eigenvalue weighted by Crippen LogP contribution is 2.27. The van der Waals surface area contributed by atoms with Crippen molar-refractivity contribution >= 4 is 5.91 Å². The van der Waals surface area contributed by atoms with Crippen molar-refractivity contribution in [3.8, 4) is 11.5 Å². The van der Waals surface area contributed by atoms with Crippen LogP contribution in [0.2, 0.25) is 0 Å². The van der Waals surface area contributed by atoms with Crippen LogP contribution in [0.3, 0.4) is 0 Å². The molecule has 1 aromatic carbocycles. The normalized spacial score (nSPS) is 21.1. The van der Waals surface area contributed by atoms with Gasteiger partial charge in [0.05, 0.1) is 7.11 Å². The Balaban J connectivity index is 1.94. The third kappa shape index (κ3) is 4.63. The van der Waals surface area contributed by atoms with Gasteiger partial charge < -0.3 is 20.1 Å². The van der Waals surface area contributed by atoms with Gasteiger partial charge in [-0.25, -0.2) is 0 Å². The average Bonchev–Trinajstić information content (AvgIpc) is 2.85. The van der Waals surface area contributed by atoms with Gasteiger partial charge in [0.25, 0.3) is 0 Å². The van der Waals surface area contributed by atoms with E-state index in [1.807, 2.05) is 11.0 Å². The number of carbonyl (C=O) groups is 1. The summed E-state index contributed by atoms with van der Waals surface area (Å²) in [4.78, 5) is 14.5. The zero-order valence-corrected chi connectivity index (χ0v) is 15.4. The van der Waals surface area contributed by atoms with Crippen molar-refractivity contribution in [2.24, 2.45) is 5.41 Å². The molecule has 1 aliphatic rings. The van der Waals surface area contributed by atoms with E-state index in [1.54, 1.807) is 19.2 Å². The van der Waals surface area contributed by atoms with Crippen LogP contribution < -0.4 is 10.1 Å². The van der Waals surface area contributed by atoms with E-state index in [-0.39, 0.29) is 29.2 Å². The first kappa shape index (κ1) is 18.6. The summed E-state index contributed by atoms with van der Waals surface area (Å²) in [5.74, 6) is 1.11. The van der Waals surface area contributed by atoms with E-state index >= 15 is 0 Å². The smallest absolute Gasteiger partial charge is 0.223 e. The van der Waals surface area contributed by atoms with Gasteiger partial charge in [-0.3, -0.25) is 4.79 Å².